The lowest BCUT2D eigenvalue weighted by molar-refractivity contribution is -0.132. The fourth-order valence-electron chi connectivity index (χ4n) is 2.41. The fraction of sp³-hybridized carbons (Fsp3) is 0.526. The average Bonchev–Trinajstić information content (AvgIpc) is 2.69. The Hall–Kier alpha value is -2.36. The predicted octanol–water partition coefficient (Wildman–Crippen LogP) is 0.143. The van der Waals surface area contributed by atoms with Crippen LogP contribution in [0, 0.1) is 0 Å². The van der Waals surface area contributed by atoms with E-state index in [0.29, 0.717) is 17.9 Å². The number of nitrogens with zero attached hydrogens (tertiary/aromatic N) is 2. The van der Waals surface area contributed by atoms with Gasteiger partial charge in [-0.25, -0.2) is 0 Å². The lowest BCUT2D eigenvalue weighted by atomic mass is 10.1. The van der Waals surface area contributed by atoms with Crippen molar-refractivity contribution in [2.75, 3.05) is 39.2 Å². The molecule has 0 saturated carbocycles. The standard InChI is InChI=1S/C19H30N4O5.ClH/c1-5-6-15(20)18(26)19(27)21-11-16(24)23(12-17(25)22(2)3)13-7-9-14(28-4)10-8-13;/h7-10,15,18,26H,5-6,11-12,20H2,1-4H3,(H,21,27);1H/t15-,18-;/m0./s1. The van der Waals surface area contributed by atoms with Crippen LogP contribution in [0.4, 0.5) is 5.69 Å². The smallest absolute Gasteiger partial charge is 0.250 e. The van der Waals surface area contributed by atoms with Gasteiger partial charge < -0.3 is 30.7 Å². The lowest BCUT2D eigenvalue weighted by Crippen LogP contribution is -2.50. The number of benzene rings is 1. The van der Waals surface area contributed by atoms with Gasteiger partial charge in [0.25, 0.3) is 5.91 Å². The Labute approximate surface area is 177 Å². The summed E-state index contributed by atoms with van der Waals surface area (Å²) < 4.78 is 5.10. The van der Waals surface area contributed by atoms with Gasteiger partial charge in [-0.3, -0.25) is 14.4 Å². The van der Waals surface area contributed by atoms with Crippen LogP contribution in [0.15, 0.2) is 24.3 Å². The Bertz CT molecular complexity index is 669. The van der Waals surface area contributed by atoms with E-state index in [1.165, 1.54) is 16.9 Å². The molecule has 29 heavy (non-hydrogen) atoms. The monoisotopic (exact) mass is 430 g/mol. The van der Waals surface area contributed by atoms with Crippen molar-refractivity contribution in [2.24, 2.45) is 5.73 Å². The molecule has 10 heteroatoms. The molecule has 0 bridgehead atoms. The largest absolute Gasteiger partial charge is 0.497 e. The molecule has 0 aliphatic heterocycles. The first kappa shape index (κ1) is 26.6. The van der Waals surface area contributed by atoms with Gasteiger partial charge in [-0.1, -0.05) is 13.3 Å². The normalized spacial score (nSPS) is 12.2. The molecule has 1 aromatic carbocycles. The summed E-state index contributed by atoms with van der Waals surface area (Å²) in [7, 11) is 4.70. The molecule has 1 aromatic rings. The van der Waals surface area contributed by atoms with Gasteiger partial charge in [0.15, 0.2) is 0 Å². The van der Waals surface area contributed by atoms with Crippen molar-refractivity contribution in [2.45, 2.75) is 31.9 Å². The minimum atomic E-state index is -1.40. The first-order chi connectivity index (χ1) is 13.2. The number of likely N-dealkylation sites (N-methyl/N-ethyl adjacent to an activating group) is 1. The molecule has 0 radical (unpaired) electrons. The number of nitrogens with two attached hydrogens (primary N) is 1. The number of halogens is 1. The second-order valence-electron chi connectivity index (χ2n) is 6.58. The molecule has 0 heterocycles. The lowest BCUT2D eigenvalue weighted by Gasteiger charge is -2.25. The van der Waals surface area contributed by atoms with Gasteiger partial charge in [-0.15, -0.1) is 12.4 Å². The number of nitrogens with one attached hydrogen (secondary N) is 1. The predicted molar refractivity (Wildman–Crippen MR) is 113 cm³/mol. The van der Waals surface area contributed by atoms with Crippen LogP contribution in [-0.4, -0.2) is 74.2 Å². The minimum Gasteiger partial charge on any atom is -0.497 e. The Morgan fingerprint density at radius 3 is 2.24 bits per heavy atom. The first-order valence-corrected chi connectivity index (χ1v) is 9.07. The summed E-state index contributed by atoms with van der Waals surface area (Å²) in [6.07, 6.45) is -0.189. The van der Waals surface area contributed by atoms with E-state index in [1.54, 1.807) is 38.4 Å². The highest BCUT2D eigenvalue weighted by atomic mass is 35.5. The number of rotatable bonds is 10. The third-order valence-corrected chi connectivity index (χ3v) is 4.19. The summed E-state index contributed by atoms with van der Waals surface area (Å²) >= 11 is 0. The second kappa shape index (κ2) is 13.0. The number of aliphatic hydroxyl groups is 1. The van der Waals surface area contributed by atoms with Crippen LogP contribution in [0.5, 0.6) is 5.75 Å². The Morgan fingerprint density at radius 1 is 1.17 bits per heavy atom. The highest BCUT2D eigenvalue weighted by molar-refractivity contribution is 6.01. The zero-order valence-corrected chi connectivity index (χ0v) is 18.1. The summed E-state index contributed by atoms with van der Waals surface area (Å²) in [5, 5.41) is 12.3. The zero-order chi connectivity index (χ0) is 21.3. The van der Waals surface area contributed by atoms with E-state index in [2.05, 4.69) is 5.32 Å². The highest BCUT2D eigenvalue weighted by Crippen LogP contribution is 2.19. The zero-order valence-electron chi connectivity index (χ0n) is 17.3. The van der Waals surface area contributed by atoms with Crippen molar-refractivity contribution < 1.29 is 24.2 Å². The number of aliphatic hydroxyl groups excluding tert-OH is 1. The van der Waals surface area contributed by atoms with Crippen LogP contribution in [0.1, 0.15) is 19.8 Å². The van der Waals surface area contributed by atoms with Crippen molar-refractivity contribution in [1.29, 1.82) is 0 Å². The van der Waals surface area contributed by atoms with Crippen molar-refractivity contribution in [3.8, 4) is 5.75 Å². The Kier molecular flexibility index (Phi) is 11.9. The summed E-state index contributed by atoms with van der Waals surface area (Å²) in [6.45, 7) is 1.33. The van der Waals surface area contributed by atoms with Gasteiger partial charge in [0.05, 0.1) is 13.7 Å². The quantitative estimate of drug-likeness (QED) is 0.485. The van der Waals surface area contributed by atoms with Crippen LogP contribution in [0.3, 0.4) is 0 Å². The fourth-order valence-corrected chi connectivity index (χ4v) is 2.41. The summed E-state index contributed by atoms with van der Waals surface area (Å²) in [6, 6.07) is 5.93. The van der Waals surface area contributed by atoms with Crippen molar-refractivity contribution >= 4 is 35.8 Å². The molecule has 2 atom stereocenters. The Morgan fingerprint density at radius 2 is 1.76 bits per heavy atom. The third-order valence-electron chi connectivity index (χ3n) is 4.19. The van der Waals surface area contributed by atoms with Crippen LogP contribution in [0.25, 0.3) is 0 Å². The molecular formula is C19H31ClN4O5. The van der Waals surface area contributed by atoms with Crippen molar-refractivity contribution in [1.82, 2.24) is 10.2 Å². The number of anilines is 1. The van der Waals surface area contributed by atoms with E-state index >= 15 is 0 Å². The van der Waals surface area contributed by atoms with Crippen LogP contribution in [-0.2, 0) is 14.4 Å². The van der Waals surface area contributed by atoms with E-state index in [0.717, 1.165) is 6.42 Å². The van der Waals surface area contributed by atoms with E-state index < -0.39 is 24.0 Å². The number of hydrogen-bond donors (Lipinski definition) is 3. The average molecular weight is 431 g/mol. The van der Waals surface area contributed by atoms with Crippen LogP contribution in [0.2, 0.25) is 0 Å². The summed E-state index contributed by atoms with van der Waals surface area (Å²) in [4.78, 5) is 39.5. The molecule has 3 amide bonds. The van der Waals surface area contributed by atoms with Gasteiger partial charge >= 0.3 is 0 Å². The highest BCUT2D eigenvalue weighted by Gasteiger charge is 2.25. The van der Waals surface area contributed by atoms with Gasteiger partial charge in [0, 0.05) is 25.8 Å². The maximum Gasteiger partial charge on any atom is 0.250 e. The topological polar surface area (TPSA) is 125 Å². The molecule has 164 valence electrons. The number of amides is 3. The summed E-state index contributed by atoms with van der Waals surface area (Å²) in [5.74, 6) is -0.884. The first-order valence-electron chi connectivity index (χ1n) is 9.07. The van der Waals surface area contributed by atoms with Gasteiger partial charge in [-0.05, 0) is 30.7 Å². The molecule has 1 rings (SSSR count). The van der Waals surface area contributed by atoms with E-state index in [1.807, 2.05) is 6.92 Å². The third kappa shape index (κ3) is 8.26. The minimum absolute atomic E-state index is 0. The molecule has 0 fully saturated rings. The molecule has 9 nitrogen and oxygen atoms in total. The van der Waals surface area contributed by atoms with Gasteiger partial charge in [0.2, 0.25) is 11.8 Å². The molecule has 0 aliphatic rings. The van der Waals surface area contributed by atoms with Crippen LogP contribution < -0.4 is 20.7 Å². The maximum absolute atomic E-state index is 12.7. The van der Waals surface area contributed by atoms with Crippen molar-refractivity contribution in [3.63, 3.8) is 0 Å². The van der Waals surface area contributed by atoms with E-state index in [9.17, 15) is 19.5 Å². The van der Waals surface area contributed by atoms with E-state index in [-0.39, 0.29) is 31.4 Å². The second-order valence-corrected chi connectivity index (χ2v) is 6.58. The molecule has 0 spiro atoms. The SMILES string of the molecule is CCC[C@H](N)[C@H](O)C(=O)NCC(=O)N(CC(=O)N(C)C)c1ccc(OC)cc1.Cl. The van der Waals surface area contributed by atoms with Gasteiger partial charge in [-0.2, -0.15) is 0 Å². The molecule has 0 aromatic heterocycles. The van der Waals surface area contributed by atoms with Crippen LogP contribution >= 0.6 is 12.4 Å². The van der Waals surface area contributed by atoms with E-state index in [4.69, 9.17) is 10.5 Å². The van der Waals surface area contributed by atoms with Crippen molar-refractivity contribution in [3.05, 3.63) is 24.3 Å². The molecule has 0 saturated heterocycles. The van der Waals surface area contributed by atoms with Gasteiger partial charge in [0.1, 0.15) is 18.4 Å². The molecule has 4 N–H and O–H groups in total. The number of hydrogen-bond acceptors (Lipinski definition) is 6. The molecule has 0 unspecified atom stereocenters. The summed E-state index contributed by atoms with van der Waals surface area (Å²) in [5.41, 5.74) is 6.23. The Balaban J connectivity index is 0.00000784. The molecule has 0 aliphatic carbocycles. The number of carbonyl (C=O) groups is 3. The number of carbonyl (C=O) groups excluding carboxylic acids is 3. The number of ether oxygens (including phenoxy) is 1. The number of methoxy groups -OCH3 is 1. The molecular weight excluding hydrogens is 400 g/mol. The maximum atomic E-state index is 12.7.